The van der Waals surface area contributed by atoms with Crippen molar-refractivity contribution in [2.24, 2.45) is 5.92 Å². The van der Waals surface area contributed by atoms with E-state index in [9.17, 15) is 4.79 Å². The van der Waals surface area contributed by atoms with Gasteiger partial charge in [-0.15, -0.1) is 0 Å². The van der Waals surface area contributed by atoms with E-state index in [1.165, 1.54) is 0 Å². The molecule has 0 bridgehead atoms. The van der Waals surface area contributed by atoms with Gasteiger partial charge in [0.25, 0.3) is 0 Å². The van der Waals surface area contributed by atoms with Gasteiger partial charge in [0.05, 0.1) is 6.54 Å². The van der Waals surface area contributed by atoms with Gasteiger partial charge in [-0.25, -0.2) is 0 Å². The normalized spacial score (nSPS) is 11.1. The lowest BCUT2D eigenvalue weighted by Gasteiger charge is -2.18. The van der Waals surface area contributed by atoms with Crippen molar-refractivity contribution in [3.63, 3.8) is 0 Å². The number of carbonyl (C=O) groups excluding carboxylic acids is 1. The first-order valence-corrected chi connectivity index (χ1v) is 6.73. The van der Waals surface area contributed by atoms with Crippen LogP contribution in [0.2, 0.25) is 0 Å². The Bertz CT molecular complexity index is 429. The molecule has 0 radical (unpaired) electrons. The number of aryl methyl sites for hydroxylation is 1. The highest BCUT2D eigenvalue weighted by atomic mass is 16.2. The Balaban J connectivity index is 2.48. The van der Waals surface area contributed by atoms with Crippen LogP contribution in [0.4, 0.5) is 11.4 Å². The standard InChI is InChI=1S/C15H25N3O/c1-11(2)7-8-18(4)10-15(19)17-14-9-13(16)6-5-12(14)3/h5-6,9,11H,7-8,10,16H2,1-4H3,(H,17,19). The number of nitrogens with zero attached hydrogens (tertiary/aromatic N) is 1. The molecular weight excluding hydrogens is 238 g/mol. The van der Waals surface area contributed by atoms with Gasteiger partial charge in [0.1, 0.15) is 0 Å². The van der Waals surface area contributed by atoms with Crippen LogP contribution in [-0.2, 0) is 4.79 Å². The maximum absolute atomic E-state index is 11.9. The lowest BCUT2D eigenvalue weighted by Crippen LogP contribution is -2.31. The van der Waals surface area contributed by atoms with E-state index < -0.39 is 0 Å². The van der Waals surface area contributed by atoms with Crippen LogP contribution in [-0.4, -0.2) is 30.9 Å². The van der Waals surface area contributed by atoms with Gasteiger partial charge in [-0.2, -0.15) is 0 Å². The molecular formula is C15H25N3O. The summed E-state index contributed by atoms with van der Waals surface area (Å²) in [6, 6.07) is 5.54. The van der Waals surface area contributed by atoms with Crippen LogP contribution in [0.15, 0.2) is 18.2 Å². The second-order valence-corrected chi connectivity index (χ2v) is 5.54. The van der Waals surface area contributed by atoms with E-state index in [0.29, 0.717) is 18.2 Å². The van der Waals surface area contributed by atoms with Crippen molar-refractivity contribution in [3.8, 4) is 0 Å². The number of nitrogens with two attached hydrogens (primary N) is 1. The number of benzene rings is 1. The number of anilines is 2. The molecule has 0 saturated heterocycles. The molecule has 1 aromatic carbocycles. The second kappa shape index (κ2) is 7.14. The van der Waals surface area contributed by atoms with Crippen molar-refractivity contribution in [2.45, 2.75) is 27.2 Å². The number of hydrogen-bond donors (Lipinski definition) is 2. The Kier molecular flexibility index (Phi) is 5.83. The number of nitrogen functional groups attached to an aromatic ring is 1. The number of likely N-dealkylation sites (N-methyl/N-ethyl adjacent to an activating group) is 1. The van der Waals surface area contributed by atoms with Crippen molar-refractivity contribution in [1.29, 1.82) is 0 Å². The van der Waals surface area contributed by atoms with Gasteiger partial charge in [-0.3, -0.25) is 9.69 Å². The fraction of sp³-hybridized carbons (Fsp3) is 0.533. The van der Waals surface area contributed by atoms with Gasteiger partial charge < -0.3 is 11.1 Å². The minimum atomic E-state index is -0.0000406. The molecule has 3 N–H and O–H groups in total. The summed E-state index contributed by atoms with van der Waals surface area (Å²) in [6.07, 6.45) is 1.10. The lowest BCUT2D eigenvalue weighted by atomic mass is 10.1. The highest BCUT2D eigenvalue weighted by molar-refractivity contribution is 5.93. The molecule has 0 spiro atoms. The zero-order valence-electron chi connectivity index (χ0n) is 12.4. The third-order valence-electron chi connectivity index (χ3n) is 3.04. The molecule has 0 aromatic heterocycles. The van der Waals surface area contributed by atoms with Gasteiger partial charge in [0.15, 0.2) is 0 Å². The number of nitrogens with one attached hydrogen (secondary N) is 1. The maximum Gasteiger partial charge on any atom is 0.238 e. The molecule has 4 nitrogen and oxygen atoms in total. The van der Waals surface area contributed by atoms with Crippen molar-refractivity contribution in [3.05, 3.63) is 23.8 Å². The predicted octanol–water partition coefficient (Wildman–Crippen LogP) is 2.49. The van der Waals surface area contributed by atoms with Crippen molar-refractivity contribution in [1.82, 2.24) is 4.90 Å². The zero-order chi connectivity index (χ0) is 14.4. The van der Waals surface area contributed by atoms with Gasteiger partial charge in [-0.05, 0) is 50.6 Å². The van der Waals surface area contributed by atoms with Crippen molar-refractivity contribution < 1.29 is 4.79 Å². The van der Waals surface area contributed by atoms with Gasteiger partial charge in [0, 0.05) is 11.4 Å². The summed E-state index contributed by atoms with van der Waals surface area (Å²) in [7, 11) is 1.97. The van der Waals surface area contributed by atoms with E-state index in [1.807, 2.05) is 31.0 Å². The smallest absolute Gasteiger partial charge is 0.238 e. The molecule has 19 heavy (non-hydrogen) atoms. The highest BCUT2D eigenvalue weighted by Crippen LogP contribution is 2.17. The molecule has 4 heteroatoms. The monoisotopic (exact) mass is 263 g/mol. The Morgan fingerprint density at radius 2 is 2.11 bits per heavy atom. The van der Waals surface area contributed by atoms with E-state index in [2.05, 4.69) is 19.2 Å². The van der Waals surface area contributed by atoms with Crippen LogP contribution in [0.1, 0.15) is 25.8 Å². The molecule has 0 atom stereocenters. The van der Waals surface area contributed by atoms with E-state index in [0.717, 1.165) is 24.2 Å². The summed E-state index contributed by atoms with van der Waals surface area (Å²) in [5.41, 5.74) is 8.20. The summed E-state index contributed by atoms with van der Waals surface area (Å²) >= 11 is 0. The van der Waals surface area contributed by atoms with Crippen molar-refractivity contribution in [2.75, 3.05) is 31.2 Å². The molecule has 0 heterocycles. The van der Waals surface area contributed by atoms with Crippen molar-refractivity contribution >= 4 is 17.3 Å². The first-order chi connectivity index (χ1) is 8.88. The molecule has 1 aromatic rings. The van der Waals surface area contributed by atoms with E-state index in [4.69, 9.17) is 5.73 Å². The average Bonchev–Trinajstić information content (AvgIpc) is 2.31. The van der Waals surface area contributed by atoms with Crippen LogP contribution in [0.5, 0.6) is 0 Å². The van der Waals surface area contributed by atoms with Crippen LogP contribution in [0, 0.1) is 12.8 Å². The molecule has 1 amide bonds. The predicted molar refractivity (Wildman–Crippen MR) is 81.2 cm³/mol. The van der Waals surface area contributed by atoms with Crippen LogP contribution in [0.3, 0.4) is 0 Å². The summed E-state index contributed by atoms with van der Waals surface area (Å²) in [5.74, 6) is 0.654. The second-order valence-electron chi connectivity index (χ2n) is 5.54. The molecule has 0 aliphatic carbocycles. The third-order valence-corrected chi connectivity index (χ3v) is 3.04. The fourth-order valence-corrected chi connectivity index (χ4v) is 1.77. The van der Waals surface area contributed by atoms with Gasteiger partial charge >= 0.3 is 0 Å². The Hall–Kier alpha value is -1.55. The highest BCUT2D eigenvalue weighted by Gasteiger charge is 2.09. The molecule has 106 valence electrons. The number of hydrogen-bond acceptors (Lipinski definition) is 3. The van der Waals surface area contributed by atoms with Crippen LogP contribution < -0.4 is 11.1 Å². The molecule has 0 aliphatic rings. The SMILES string of the molecule is Cc1ccc(N)cc1NC(=O)CN(C)CCC(C)C. The number of amides is 1. The minimum absolute atomic E-state index is 0.0000406. The quantitative estimate of drug-likeness (QED) is 0.775. The maximum atomic E-state index is 11.9. The third kappa shape index (κ3) is 5.75. The first kappa shape index (κ1) is 15.5. The summed E-state index contributed by atoms with van der Waals surface area (Å²) in [5, 5.41) is 2.91. The molecule has 1 rings (SSSR count). The van der Waals surface area contributed by atoms with Crippen LogP contribution in [0.25, 0.3) is 0 Å². The molecule has 0 fully saturated rings. The molecule has 0 unspecified atom stereocenters. The van der Waals surface area contributed by atoms with Crippen LogP contribution >= 0.6 is 0 Å². The van der Waals surface area contributed by atoms with E-state index in [-0.39, 0.29) is 5.91 Å². The van der Waals surface area contributed by atoms with Gasteiger partial charge in [0.2, 0.25) is 5.91 Å². The van der Waals surface area contributed by atoms with Gasteiger partial charge in [-0.1, -0.05) is 19.9 Å². The summed E-state index contributed by atoms with van der Waals surface area (Å²) < 4.78 is 0. The summed E-state index contributed by atoms with van der Waals surface area (Å²) in [6.45, 7) is 7.66. The lowest BCUT2D eigenvalue weighted by molar-refractivity contribution is -0.117. The Labute approximate surface area is 116 Å². The largest absolute Gasteiger partial charge is 0.399 e. The Morgan fingerprint density at radius 1 is 1.42 bits per heavy atom. The average molecular weight is 263 g/mol. The fourth-order valence-electron chi connectivity index (χ4n) is 1.77. The topological polar surface area (TPSA) is 58.4 Å². The zero-order valence-corrected chi connectivity index (χ0v) is 12.4. The molecule has 0 saturated carbocycles. The molecule has 0 aliphatic heterocycles. The van der Waals surface area contributed by atoms with E-state index >= 15 is 0 Å². The Morgan fingerprint density at radius 3 is 2.74 bits per heavy atom. The van der Waals surface area contributed by atoms with E-state index in [1.54, 1.807) is 6.07 Å². The number of rotatable bonds is 6. The minimum Gasteiger partial charge on any atom is -0.399 e. The summed E-state index contributed by atoms with van der Waals surface area (Å²) in [4.78, 5) is 14.0. The first-order valence-electron chi connectivity index (χ1n) is 6.73. The number of carbonyl (C=O) groups is 1.